The molecule has 1 fully saturated rings. The topological polar surface area (TPSA) is 33.4 Å². The first-order chi connectivity index (χ1) is 9.31. The Morgan fingerprint density at radius 3 is 2.68 bits per heavy atom. The first-order valence-corrected chi connectivity index (χ1v) is 6.90. The number of fused-ring (bicyclic) bond motifs is 3. The highest BCUT2D eigenvalue weighted by atomic mass is 16.3. The molecule has 96 valence electrons. The van der Waals surface area contributed by atoms with E-state index in [2.05, 4.69) is 12.1 Å². The van der Waals surface area contributed by atoms with Crippen LogP contribution in [0.1, 0.15) is 30.9 Å². The number of para-hydroxylation sites is 1. The van der Waals surface area contributed by atoms with Crippen LogP contribution in [0.15, 0.2) is 46.9 Å². The van der Waals surface area contributed by atoms with E-state index < -0.39 is 0 Å². The SMILES string of the molecule is OC(CC1CC1)c1ccc2oc3ccccc3c2c1. The zero-order valence-corrected chi connectivity index (χ0v) is 10.7. The molecule has 2 aromatic carbocycles. The van der Waals surface area contributed by atoms with Crippen LogP contribution in [-0.4, -0.2) is 5.11 Å². The first-order valence-electron chi connectivity index (χ1n) is 6.90. The van der Waals surface area contributed by atoms with Gasteiger partial charge in [0.15, 0.2) is 0 Å². The van der Waals surface area contributed by atoms with Gasteiger partial charge < -0.3 is 9.52 Å². The molecule has 4 rings (SSSR count). The molecule has 2 nitrogen and oxygen atoms in total. The fraction of sp³-hybridized carbons (Fsp3) is 0.294. The summed E-state index contributed by atoms with van der Waals surface area (Å²) < 4.78 is 5.80. The predicted molar refractivity (Wildman–Crippen MR) is 76.0 cm³/mol. The number of furan rings is 1. The summed E-state index contributed by atoms with van der Waals surface area (Å²) in [5, 5.41) is 12.5. The average Bonchev–Trinajstić information content (AvgIpc) is 3.17. The minimum atomic E-state index is -0.342. The van der Waals surface area contributed by atoms with E-state index >= 15 is 0 Å². The number of rotatable bonds is 3. The van der Waals surface area contributed by atoms with Gasteiger partial charge in [-0.3, -0.25) is 0 Å². The van der Waals surface area contributed by atoms with E-state index in [4.69, 9.17) is 4.42 Å². The smallest absolute Gasteiger partial charge is 0.135 e. The van der Waals surface area contributed by atoms with Gasteiger partial charge in [-0.15, -0.1) is 0 Å². The van der Waals surface area contributed by atoms with E-state index in [-0.39, 0.29) is 6.10 Å². The summed E-state index contributed by atoms with van der Waals surface area (Å²) in [5.74, 6) is 0.729. The van der Waals surface area contributed by atoms with Gasteiger partial charge in [-0.25, -0.2) is 0 Å². The number of aliphatic hydroxyl groups is 1. The van der Waals surface area contributed by atoms with Crippen LogP contribution in [0.25, 0.3) is 21.9 Å². The number of hydrogen-bond donors (Lipinski definition) is 1. The van der Waals surface area contributed by atoms with Gasteiger partial charge in [0.2, 0.25) is 0 Å². The summed E-state index contributed by atoms with van der Waals surface area (Å²) in [5.41, 5.74) is 2.81. The molecule has 1 N–H and O–H groups in total. The summed E-state index contributed by atoms with van der Waals surface area (Å²) in [6.07, 6.45) is 3.09. The Bertz CT molecular complexity index is 737. The standard InChI is InChI=1S/C17H16O2/c18-15(9-11-5-6-11)12-7-8-17-14(10-12)13-3-1-2-4-16(13)19-17/h1-4,7-8,10-11,15,18H,5-6,9H2. The van der Waals surface area contributed by atoms with Gasteiger partial charge in [0, 0.05) is 10.8 Å². The van der Waals surface area contributed by atoms with Gasteiger partial charge in [0.25, 0.3) is 0 Å². The molecule has 1 atom stereocenters. The molecule has 1 aliphatic carbocycles. The lowest BCUT2D eigenvalue weighted by atomic mass is 10.0. The van der Waals surface area contributed by atoms with Crippen molar-refractivity contribution in [3.05, 3.63) is 48.0 Å². The quantitative estimate of drug-likeness (QED) is 0.748. The summed E-state index contributed by atoms with van der Waals surface area (Å²) in [6, 6.07) is 14.1. The van der Waals surface area contributed by atoms with Crippen LogP contribution in [0.5, 0.6) is 0 Å². The summed E-state index contributed by atoms with van der Waals surface area (Å²) in [6.45, 7) is 0. The van der Waals surface area contributed by atoms with Crippen LogP contribution >= 0.6 is 0 Å². The third-order valence-corrected chi connectivity index (χ3v) is 4.04. The van der Waals surface area contributed by atoms with Crippen molar-refractivity contribution < 1.29 is 9.52 Å². The van der Waals surface area contributed by atoms with Gasteiger partial charge in [-0.1, -0.05) is 37.1 Å². The van der Waals surface area contributed by atoms with Gasteiger partial charge in [0.1, 0.15) is 11.2 Å². The maximum absolute atomic E-state index is 10.3. The van der Waals surface area contributed by atoms with Gasteiger partial charge in [-0.2, -0.15) is 0 Å². The third kappa shape index (κ3) is 1.92. The molecule has 1 unspecified atom stereocenters. The molecule has 1 saturated carbocycles. The molecule has 0 radical (unpaired) electrons. The Morgan fingerprint density at radius 2 is 1.84 bits per heavy atom. The lowest BCUT2D eigenvalue weighted by Gasteiger charge is -2.09. The van der Waals surface area contributed by atoms with Crippen molar-refractivity contribution in [3.8, 4) is 0 Å². The molecule has 0 saturated heterocycles. The van der Waals surface area contributed by atoms with E-state index in [0.29, 0.717) is 0 Å². The monoisotopic (exact) mass is 252 g/mol. The van der Waals surface area contributed by atoms with Gasteiger partial charge >= 0.3 is 0 Å². The lowest BCUT2D eigenvalue weighted by molar-refractivity contribution is 0.160. The molecule has 0 amide bonds. The summed E-state index contributed by atoms with van der Waals surface area (Å²) in [7, 11) is 0. The van der Waals surface area contributed by atoms with Gasteiger partial charge in [-0.05, 0) is 36.1 Å². The minimum Gasteiger partial charge on any atom is -0.456 e. The number of aliphatic hydroxyl groups excluding tert-OH is 1. The number of benzene rings is 2. The van der Waals surface area contributed by atoms with Crippen molar-refractivity contribution in [2.45, 2.75) is 25.4 Å². The largest absolute Gasteiger partial charge is 0.456 e. The molecule has 3 aromatic rings. The fourth-order valence-electron chi connectivity index (χ4n) is 2.76. The van der Waals surface area contributed by atoms with Crippen molar-refractivity contribution in [2.24, 2.45) is 5.92 Å². The maximum atomic E-state index is 10.3. The van der Waals surface area contributed by atoms with Gasteiger partial charge in [0.05, 0.1) is 6.10 Å². The minimum absolute atomic E-state index is 0.342. The molecule has 1 aromatic heterocycles. The van der Waals surface area contributed by atoms with E-state index in [1.807, 2.05) is 30.3 Å². The Labute approximate surface area is 111 Å². The Kier molecular flexibility index (Phi) is 2.39. The van der Waals surface area contributed by atoms with E-state index in [0.717, 1.165) is 39.8 Å². The molecule has 2 heteroatoms. The zero-order valence-electron chi connectivity index (χ0n) is 10.7. The molecule has 19 heavy (non-hydrogen) atoms. The molecule has 1 heterocycles. The highest BCUT2D eigenvalue weighted by Crippen LogP contribution is 2.38. The van der Waals surface area contributed by atoms with Crippen molar-refractivity contribution in [3.63, 3.8) is 0 Å². The molecule has 0 aliphatic heterocycles. The van der Waals surface area contributed by atoms with Crippen molar-refractivity contribution in [2.75, 3.05) is 0 Å². The average molecular weight is 252 g/mol. The second-order valence-corrected chi connectivity index (χ2v) is 5.55. The molecule has 1 aliphatic rings. The summed E-state index contributed by atoms with van der Waals surface area (Å²) in [4.78, 5) is 0. The molecular weight excluding hydrogens is 236 g/mol. The van der Waals surface area contributed by atoms with Crippen molar-refractivity contribution in [1.82, 2.24) is 0 Å². The fourth-order valence-corrected chi connectivity index (χ4v) is 2.76. The van der Waals surface area contributed by atoms with Crippen molar-refractivity contribution >= 4 is 21.9 Å². The van der Waals surface area contributed by atoms with Crippen LogP contribution in [-0.2, 0) is 0 Å². The summed E-state index contributed by atoms with van der Waals surface area (Å²) >= 11 is 0. The number of hydrogen-bond acceptors (Lipinski definition) is 2. The Morgan fingerprint density at radius 1 is 1.05 bits per heavy atom. The van der Waals surface area contributed by atoms with Crippen LogP contribution < -0.4 is 0 Å². The van der Waals surface area contributed by atoms with Crippen LogP contribution in [0, 0.1) is 5.92 Å². The lowest BCUT2D eigenvalue weighted by Crippen LogP contribution is -1.97. The zero-order chi connectivity index (χ0) is 12.8. The predicted octanol–water partition coefficient (Wildman–Crippen LogP) is 4.42. The van der Waals surface area contributed by atoms with E-state index in [1.165, 1.54) is 12.8 Å². The first kappa shape index (κ1) is 11.1. The molecule has 0 spiro atoms. The maximum Gasteiger partial charge on any atom is 0.135 e. The third-order valence-electron chi connectivity index (χ3n) is 4.04. The molecular formula is C17H16O2. The van der Waals surface area contributed by atoms with E-state index in [1.54, 1.807) is 0 Å². The van der Waals surface area contributed by atoms with Crippen LogP contribution in [0.4, 0.5) is 0 Å². The van der Waals surface area contributed by atoms with E-state index in [9.17, 15) is 5.11 Å². The van der Waals surface area contributed by atoms with Crippen LogP contribution in [0.2, 0.25) is 0 Å². The second-order valence-electron chi connectivity index (χ2n) is 5.55. The van der Waals surface area contributed by atoms with Crippen LogP contribution in [0.3, 0.4) is 0 Å². The second kappa shape index (κ2) is 4.10. The molecule has 0 bridgehead atoms. The highest BCUT2D eigenvalue weighted by Gasteiger charge is 2.25. The van der Waals surface area contributed by atoms with Crippen molar-refractivity contribution in [1.29, 1.82) is 0 Å². The Balaban J connectivity index is 1.82. The Hall–Kier alpha value is -1.80. The highest BCUT2D eigenvalue weighted by molar-refractivity contribution is 6.04. The normalized spacial score (nSPS) is 17.1.